The Morgan fingerprint density at radius 2 is 2.14 bits per heavy atom. The molecule has 0 aromatic rings. The molecular formula is C10H19NO2S. The zero-order valence-corrected chi connectivity index (χ0v) is 9.72. The van der Waals surface area contributed by atoms with Crippen molar-refractivity contribution < 1.29 is 9.90 Å². The van der Waals surface area contributed by atoms with E-state index in [1.807, 2.05) is 18.7 Å². The normalized spacial score (nSPS) is 21.1. The van der Waals surface area contributed by atoms with E-state index in [0.717, 1.165) is 19.4 Å². The Bertz CT molecular complexity index is 193. The van der Waals surface area contributed by atoms with E-state index in [0.29, 0.717) is 6.04 Å². The third-order valence-electron chi connectivity index (χ3n) is 2.88. The minimum Gasteiger partial charge on any atom is -0.480 e. The molecule has 0 bridgehead atoms. The molecule has 1 heterocycles. The average molecular weight is 217 g/mol. The summed E-state index contributed by atoms with van der Waals surface area (Å²) in [5.74, 6) is 1.64. The molecule has 0 aliphatic carbocycles. The van der Waals surface area contributed by atoms with E-state index >= 15 is 0 Å². The van der Waals surface area contributed by atoms with Crippen molar-refractivity contribution >= 4 is 17.7 Å². The lowest BCUT2D eigenvalue weighted by Crippen LogP contribution is -2.47. The van der Waals surface area contributed by atoms with Gasteiger partial charge in [-0.05, 0) is 37.8 Å². The topological polar surface area (TPSA) is 40.5 Å². The van der Waals surface area contributed by atoms with Crippen molar-refractivity contribution in [2.45, 2.75) is 38.8 Å². The van der Waals surface area contributed by atoms with Crippen LogP contribution in [0.3, 0.4) is 0 Å². The minimum absolute atomic E-state index is 0.340. The molecule has 1 aliphatic heterocycles. The smallest absolute Gasteiger partial charge is 0.320 e. The Hall–Kier alpha value is -0.220. The number of thioether (sulfide) groups is 1. The van der Waals surface area contributed by atoms with Crippen molar-refractivity contribution in [3.63, 3.8) is 0 Å². The molecule has 1 rings (SSSR count). The molecule has 1 fully saturated rings. The number of hydrogen-bond donors (Lipinski definition) is 1. The lowest BCUT2D eigenvalue weighted by Gasteiger charge is -2.35. The summed E-state index contributed by atoms with van der Waals surface area (Å²) in [6.07, 6.45) is 2.27. The Morgan fingerprint density at radius 3 is 2.57 bits per heavy atom. The van der Waals surface area contributed by atoms with Crippen LogP contribution < -0.4 is 0 Å². The van der Waals surface area contributed by atoms with Gasteiger partial charge in [0.15, 0.2) is 0 Å². The number of nitrogens with zero attached hydrogens (tertiary/aromatic N) is 1. The van der Waals surface area contributed by atoms with Gasteiger partial charge in [-0.2, -0.15) is 11.8 Å². The summed E-state index contributed by atoms with van der Waals surface area (Å²) in [6, 6.07) is 0.139. The average Bonchev–Trinajstić information content (AvgIpc) is 2.20. The molecule has 0 amide bonds. The van der Waals surface area contributed by atoms with Gasteiger partial charge in [-0.15, -0.1) is 0 Å². The van der Waals surface area contributed by atoms with Crippen LogP contribution in [0.4, 0.5) is 0 Å². The third kappa shape index (κ3) is 2.89. The number of likely N-dealkylation sites (N-methyl/N-ethyl adjacent to an activating group) is 1. The summed E-state index contributed by atoms with van der Waals surface area (Å²) >= 11 is 1.97. The molecule has 0 aromatic carbocycles. The van der Waals surface area contributed by atoms with Gasteiger partial charge in [-0.1, -0.05) is 6.92 Å². The molecule has 82 valence electrons. The van der Waals surface area contributed by atoms with Crippen molar-refractivity contribution in [1.82, 2.24) is 4.90 Å². The van der Waals surface area contributed by atoms with Gasteiger partial charge in [0.2, 0.25) is 0 Å². The zero-order chi connectivity index (χ0) is 10.6. The van der Waals surface area contributed by atoms with Crippen molar-refractivity contribution in [2.75, 3.05) is 18.1 Å². The zero-order valence-electron chi connectivity index (χ0n) is 8.90. The first-order valence-electron chi connectivity index (χ1n) is 5.23. The van der Waals surface area contributed by atoms with E-state index in [4.69, 9.17) is 5.11 Å². The van der Waals surface area contributed by atoms with Crippen LogP contribution >= 0.6 is 11.8 Å². The van der Waals surface area contributed by atoms with E-state index in [9.17, 15) is 4.79 Å². The van der Waals surface area contributed by atoms with Crippen molar-refractivity contribution in [3.8, 4) is 0 Å². The van der Waals surface area contributed by atoms with Crippen LogP contribution in [-0.2, 0) is 4.79 Å². The van der Waals surface area contributed by atoms with Gasteiger partial charge in [0.25, 0.3) is 0 Å². The molecule has 4 heteroatoms. The molecule has 1 aliphatic rings. The van der Waals surface area contributed by atoms with Gasteiger partial charge in [0, 0.05) is 6.04 Å². The van der Waals surface area contributed by atoms with Crippen molar-refractivity contribution in [2.24, 2.45) is 0 Å². The maximum Gasteiger partial charge on any atom is 0.320 e. The van der Waals surface area contributed by atoms with Gasteiger partial charge in [0.1, 0.15) is 6.04 Å². The number of carboxylic acids is 1. The quantitative estimate of drug-likeness (QED) is 0.778. The van der Waals surface area contributed by atoms with E-state index < -0.39 is 5.97 Å². The molecule has 0 spiro atoms. The standard InChI is InChI=1S/C10H19NO2S/c1-3-11(8(2)10(12)13)9-4-6-14-7-5-9/h8-9H,3-7H2,1-2H3,(H,12,13)/t8-/m0/s1. The summed E-state index contributed by atoms with van der Waals surface area (Å²) < 4.78 is 0. The minimum atomic E-state index is -0.704. The summed E-state index contributed by atoms with van der Waals surface area (Å²) in [5.41, 5.74) is 0. The van der Waals surface area contributed by atoms with Crippen LogP contribution in [0.5, 0.6) is 0 Å². The molecule has 1 N–H and O–H groups in total. The van der Waals surface area contributed by atoms with Crippen LogP contribution in [0.2, 0.25) is 0 Å². The van der Waals surface area contributed by atoms with Gasteiger partial charge < -0.3 is 5.11 Å². The second kappa shape index (κ2) is 5.61. The number of aliphatic carboxylic acids is 1. The van der Waals surface area contributed by atoms with E-state index in [-0.39, 0.29) is 6.04 Å². The highest BCUT2D eigenvalue weighted by Crippen LogP contribution is 2.23. The Morgan fingerprint density at radius 1 is 1.57 bits per heavy atom. The SMILES string of the molecule is CCN(C1CCSCC1)[C@@H](C)C(=O)O. The molecule has 14 heavy (non-hydrogen) atoms. The van der Waals surface area contributed by atoms with Crippen LogP contribution in [0.15, 0.2) is 0 Å². The summed E-state index contributed by atoms with van der Waals surface area (Å²) in [6.45, 7) is 4.66. The van der Waals surface area contributed by atoms with Gasteiger partial charge in [-0.25, -0.2) is 0 Å². The van der Waals surface area contributed by atoms with Crippen LogP contribution in [0, 0.1) is 0 Å². The Balaban J connectivity index is 2.55. The molecule has 3 nitrogen and oxygen atoms in total. The van der Waals surface area contributed by atoms with Crippen LogP contribution in [-0.4, -0.2) is 46.1 Å². The molecule has 0 radical (unpaired) electrons. The van der Waals surface area contributed by atoms with Crippen LogP contribution in [0.1, 0.15) is 26.7 Å². The lowest BCUT2D eigenvalue weighted by molar-refractivity contribution is -0.143. The number of hydrogen-bond acceptors (Lipinski definition) is 3. The molecule has 1 saturated heterocycles. The first-order valence-corrected chi connectivity index (χ1v) is 6.38. The van der Waals surface area contributed by atoms with E-state index in [1.165, 1.54) is 11.5 Å². The molecule has 0 unspecified atom stereocenters. The Labute approximate surface area is 89.9 Å². The summed E-state index contributed by atoms with van der Waals surface area (Å²) in [5, 5.41) is 8.97. The largest absolute Gasteiger partial charge is 0.480 e. The highest BCUT2D eigenvalue weighted by molar-refractivity contribution is 7.99. The van der Waals surface area contributed by atoms with Gasteiger partial charge in [0.05, 0.1) is 0 Å². The van der Waals surface area contributed by atoms with E-state index in [1.54, 1.807) is 6.92 Å². The highest BCUT2D eigenvalue weighted by Gasteiger charge is 2.27. The predicted octanol–water partition coefficient (Wildman–Crippen LogP) is 1.68. The number of carboxylic acid groups (broad SMARTS) is 1. The third-order valence-corrected chi connectivity index (χ3v) is 3.93. The van der Waals surface area contributed by atoms with Crippen LogP contribution in [0.25, 0.3) is 0 Å². The monoisotopic (exact) mass is 217 g/mol. The second-order valence-electron chi connectivity index (χ2n) is 3.69. The predicted molar refractivity (Wildman–Crippen MR) is 59.8 cm³/mol. The summed E-state index contributed by atoms with van der Waals surface area (Å²) in [4.78, 5) is 13.0. The molecular weight excluding hydrogens is 198 g/mol. The second-order valence-corrected chi connectivity index (χ2v) is 4.91. The maximum absolute atomic E-state index is 10.9. The first kappa shape index (κ1) is 11.9. The molecule has 0 saturated carbocycles. The highest BCUT2D eigenvalue weighted by atomic mass is 32.2. The molecule has 0 aromatic heterocycles. The Kier molecular flexibility index (Phi) is 4.75. The fourth-order valence-corrected chi connectivity index (χ4v) is 3.09. The maximum atomic E-state index is 10.9. The van der Waals surface area contributed by atoms with E-state index in [2.05, 4.69) is 4.90 Å². The molecule has 1 atom stereocenters. The van der Waals surface area contributed by atoms with Crippen molar-refractivity contribution in [3.05, 3.63) is 0 Å². The van der Waals surface area contributed by atoms with Crippen molar-refractivity contribution in [1.29, 1.82) is 0 Å². The number of carbonyl (C=O) groups is 1. The number of rotatable bonds is 4. The lowest BCUT2D eigenvalue weighted by atomic mass is 10.1. The first-order chi connectivity index (χ1) is 6.66. The van der Waals surface area contributed by atoms with Gasteiger partial charge >= 0.3 is 5.97 Å². The fraction of sp³-hybridized carbons (Fsp3) is 0.900. The fourth-order valence-electron chi connectivity index (χ4n) is 2.01. The summed E-state index contributed by atoms with van der Waals surface area (Å²) in [7, 11) is 0. The van der Waals surface area contributed by atoms with Gasteiger partial charge in [-0.3, -0.25) is 9.69 Å².